The lowest BCUT2D eigenvalue weighted by atomic mass is 10.1. The molecule has 0 bridgehead atoms. The van der Waals surface area contributed by atoms with Gasteiger partial charge in [-0.05, 0) is 109 Å². The second kappa shape index (κ2) is 60.9. The molecule has 0 N–H and O–H groups in total. The molecule has 0 heterocycles. The summed E-state index contributed by atoms with van der Waals surface area (Å²) in [6.07, 6.45) is 78.2. The third-order valence-corrected chi connectivity index (χ3v) is 13.5. The van der Waals surface area contributed by atoms with E-state index in [-0.39, 0.29) is 25.2 Å². The highest BCUT2D eigenvalue weighted by Gasteiger charge is 2.17. The maximum atomic E-state index is 12.9. The monoisotopic (exact) mass is 979 g/mol. The highest BCUT2D eigenvalue weighted by atomic mass is 16.6. The molecule has 0 aromatic carbocycles. The summed E-state index contributed by atoms with van der Waals surface area (Å²) in [6, 6.07) is 0. The molecule has 408 valence electrons. The van der Waals surface area contributed by atoms with E-state index in [0.29, 0.717) is 19.4 Å². The van der Waals surface area contributed by atoms with E-state index in [1.165, 1.54) is 218 Å². The highest BCUT2D eigenvalue weighted by molar-refractivity contribution is 5.70. The first-order valence-corrected chi connectivity index (χ1v) is 30.8. The molecule has 0 fully saturated rings. The van der Waals surface area contributed by atoms with Crippen LogP contribution in [0.15, 0.2) is 60.8 Å². The maximum absolute atomic E-state index is 12.9. The Morgan fingerprint density at radius 1 is 0.314 bits per heavy atom. The molecule has 1 atom stereocenters. The molecule has 0 aromatic rings. The zero-order valence-electron chi connectivity index (χ0n) is 47.0. The Labute approximate surface area is 436 Å². The van der Waals surface area contributed by atoms with Crippen LogP contribution in [0.3, 0.4) is 0 Å². The number of hydrogen-bond acceptors (Lipinski definition) is 5. The van der Waals surface area contributed by atoms with E-state index in [0.717, 1.165) is 64.2 Å². The Morgan fingerprint density at radius 2 is 0.600 bits per heavy atom. The predicted molar refractivity (Wildman–Crippen MR) is 307 cm³/mol. The van der Waals surface area contributed by atoms with Crippen molar-refractivity contribution in [2.24, 2.45) is 0 Å². The number of unbranched alkanes of at least 4 members (excludes halogenated alkanes) is 36. The standard InChI is InChI=1S/C65H118O5/c1-4-7-10-13-16-19-22-25-28-31-33-35-37-40-43-46-49-52-55-58-64(66)69-62-63(61-68-60-57-54-51-48-45-42-39-30-27-24-21-18-15-12-9-6-3)70-65(67)59-56-53-50-47-44-41-38-36-34-32-29-26-23-20-17-14-11-8-5-2/h16,19,25-30,33,35,63H,4-15,17-18,20-24,31-32,34,36-62H2,1-3H3/b19-16-,28-25-,29-26-,30-27-,35-33-. The molecule has 0 saturated heterocycles. The van der Waals surface area contributed by atoms with Crippen molar-refractivity contribution in [3.05, 3.63) is 60.8 Å². The van der Waals surface area contributed by atoms with Gasteiger partial charge >= 0.3 is 11.9 Å². The summed E-state index contributed by atoms with van der Waals surface area (Å²) in [5, 5.41) is 0. The van der Waals surface area contributed by atoms with Gasteiger partial charge in [-0.15, -0.1) is 0 Å². The van der Waals surface area contributed by atoms with Gasteiger partial charge in [0.1, 0.15) is 6.61 Å². The van der Waals surface area contributed by atoms with Crippen molar-refractivity contribution in [2.75, 3.05) is 19.8 Å². The van der Waals surface area contributed by atoms with E-state index in [9.17, 15) is 9.59 Å². The summed E-state index contributed by atoms with van der Waals surface area (Å²) in [4.78, 5) is 25.6. The van der Waals surface area contributed by atoms with E-state index in [1.807, 2.05) is 0 Å². The molecule has 0 saturated carbocycles. The molecule has 0 radical (unpaired) electrons. The van der Waals surface area contributed by atoms with Gasteiger partial charge in [0.2, 0.25) is 0 Å². The first-order chi connectivity index (χ1) is 34.6. The average molecular weight is 980 g/mol. The maximum Gasteiger partial charge on any atom is 0.306 e. The smallest absolute Gasteiger partial charge is 0.306 e. The topological polar surface area (TPSA) is 61.8 Å². The van der Waals surface area contributed by atoms with Crippen LogP contribution in [0.25, 0.3) is 0 Å². The second-order valence-electron chi connectivity index (χ2n) is 20.6. The summed E-state index contributed by atoms with van der Waals surface area (Å²) in [5.74, 6) is -0.404. The van der Waals surface area contributed by atoms with Gasteiger partial charge in [-0.25, -0.2) is 0 Å². The van der Waals surface area contributed by atoms with E-state index in [4.69, 9.17) is 14.2 Å². The quantitative estimate of drug-likeness (QED) is 0.0345. The molecule has 70 heavy (non-hydrogen) atoms. The van der Waals surface area contributed by atoms with Crippen LogP contribution in [0.1, 0.15) is 316 Å². The van der Waals surface area contributed by atoms with Crippen molar-refractivity contribution in [2.45, 2.75) is 322 Å². The Bertz CT molecular complexity index is 1200. The van der Waals surface area contributed by atoms with Crippen molar-refractivity contribution in [1.29, 1.82) is 0 Å². The molecule has 1 unspecified atom stereocenters. The van der Waals surface area contributed by atoms with Gasteiger partial charge in [0.15, 0.2) is 6.10 Å². The second-order valence-corrected chi connectivity index (χ2v) is 20.6. The summed E-state index contributed by atoms with van der Waals surface area (Å²) in [6.45, 7) is 7.81. The fourth-order valence-corrected chi connectivity index (χ4v) is 8.86. The van der Waals surface area contributed by atoms with Crippen LogP contribution in [-0.2, 0) is 23.8 Å². The van der Waals surface area contributed by atoms with Gasteiger partial charge < -0.3 is 14.2 Å². The van der Waals surface area contributed by atoms with E-state index in [2.05, 4.69) is 81.5 Å². The number of allylic oxidation sites excluding steroid dienone is 10. The van der Waals surface area contributed by atoms with Crippen LogP contribution in [0.5, 0.6) is 0 Å². The number of esters is 2. The minimum Gasteiger partial charge on any atom is -0.462 e. The van der Waals surface area contributed by atoms with Gasteiger partial charge in [-0.3, -0.25) is 9.59 Å². The Kier molecular flexibility index (Phi) is 58.8. The number of carbonyl (C=O) groups excluding carboxylic acids is 2. The minimum absolute atomic E-state index is 0.0763. The summed E-state index contributed by atoms with van der Waals surface area (Å²) >= 11 is 0. The Morgan fingerprint density at radius 3 is 1.00 bits per heavy atom. The van der Waals surface area contributed by atoms with Crippen molar-refractivity contribution in [1.82, 2.24) is 0 Å². The first kappa shape index (κ1) is 67.6. The van der Waals surface area contributed by atoms with Gasteiger partial charge in [0.05, 0.1) is 6.61 Å². The molecule has 0 spiro atoms. The molecule has 0 aliphatic rings. The normalized spacial score (nSPS) is 12.6. The zero-order chi connectivity index (χ0) is 50.6. The van der Waals surface area contributed by atoms with Crippen LogP contribution in [0.4, 0.5) is 0 Å². The minimum atomic E-state index is -0.547. The van der Waals surface area contributed by atoms with Gasteiger partial charge in [0.25, 0.3) is 0 Å². The molecule has 5 nitrogen and oxygen atoms in total. The third kappa shape index (κ3) is 58.2. The summed E-state index contributed by atoms with van der Waals surface area (Å²) in [7, 11) is 0. The largest absolute Gasteiger partial charge is 0.462 e. The van der Waals surface area contributed by atoms with Crippen LogP contribution < -0.4 is 0 Å². The van der Waals surface area contributed by atoms with Gasteiger partial charge in [0, 0.05) is 19.4 Å². The van der Waals surface area contributed by atoms with Crippen molar-refractivity contribution in [3.8, 4) is 0 Å². The van der Waals surface area contributed by atoms with E-state index in [1.54, 1.807) is 0 Å². The molecular formula is C65H118O5. The molecular weight excluding hydrogens is 861 g/mol. The Hall–Kier alpha value is -2.40. The molecule has 0 aliphatic heterocycles. The van der Waals surface area contributed by atoms with Crippen molar-refractivity contribution < 1.29 is 23.8 Å². The lowest BCUT2D eigenvalue weighted by molar-refractivity contribution is -0.163. The Balaban J connectivity index is 4.29. The predicted octanol–water partition coefficient (Wildman–Crippen LogP) is 21.2. The van der Waals surface area contributed by atoms with Gasteiger partial charge in [-0.2, -0.15) is 0 Å². The molecule has 0 rings (SSSR count). The third-order valence-electron chi connectivity index (χ3n) is 13.5. The fraction of sp³-hybridized carbons (Fsp3) is 0.815. The number of ether oxygens (including phenoxy) is 3. The number of rotatable bonds is 57. The van der Waals surface area contributed by atoms with Gasteiger partial charge in [-0.1, -0.05) is 255 Å². The number of hydrogen-bond donors (Lipinski definition) is 0. The highest BCUT2D eigenvalue weighted by Crippen LogP contribution is 2.15. The van der Waals surface area contributed by atoms with Crippen LogP contribution in [0.2, 0.25) is 0 Å². The SMILES string of the molecule is CCCCC/C=C\C/C=C\C/C=C\CCCCCCCCC(=O)OCC(COCCCCCCCC/C=C\CCCCCCCC)OC(=O)CCCCCCCCCCC/C=C\CCCCCCCC. The van der Waals surface area contributed by atoms with Crippen molar-refractivity contribution >= 4 is 11.9 Å². The average Bonchev–Trinajstić information content (AvgIpc) is 3.36. The first-order valence-electron chi connectivity index (χ1n) is 30.8. The zero-order valence-corrected chi connectivity index (χ0v) is 47.0. The van der Waals surface area contributed by atoms with E-state index < -0.39 is 6.10 Å². The lowest BCUT2D eigenvalue weighted by Crippen LogP contribution is -2.30. The molecule has 5 heteroatoms. The molecule has 0 amide bonds. The summed E-state index contributed by atoms with van der Waals surface area (Å²) < 4.78 is 17.5. The fourth-order valence-electron chi connectivity index (χ4n) is 8.86. The van der Waals surface area contributed by atoms with E-state index >= 15 is 0 Å². The lowest BCUT2D eigenvalue weighted by Gasteiger charge is -2.18. The molecule has 0 aromatic heterocycles. The summed E-state index contributed by atoms with van der Waals surface area (Å²) in [5.41, 5.74) is 0. The van der Waals surface area contributed by atoms with Crippen LogP contribution in [-0.4, -0.2) is 37.9 Å². The van der Waals surface area contributed by atoms with Crippen molar-refractivity contribution in [3.63, 3.8) is 0 Å². The number of carbonyl (C=O) groups is 2. The molecule has 0 aliphatic carbocycles. The van der Waals surface area contributed by atoms with Crippen LogP contribution >= 0.6 is 0 Å². The van der Waals surface area contributed by atoms with Crippen LogP contribution in [0, 0.1) is 0 Å².